The van der Waals surface area contributed by atoms with Crippen molar-refractivity contribution in [1.82, 2.24) is 5.32 Å². The van der Waals surface area contributed by atoms with Crippen LogP contribution in [0.4, 0.5) is 5.00 Å². The molecule has 136 valence electrons. The Morgan fingerprint density at radius 3 is 2.42 bits per heavy atom. The highest BCUT2D eigenvalue weighted by Crippen LogP contribution is 2.34. The number of thiocarbonyl (C=S) groups is 1. The van der Waals surface area contributed by atoms with E-state index in [1.165, 1.54) is 6.92 Å². The van der Waals surface area contributed by atoms with Gasteiger partial charge in [-0.05, 0) is 50.7 Å². The van der Waals surface area contributed by atoms with Gasteiger partial charge in [-0.3, -0.25) is 14.9 Å². The van der Waals surface area contributed by atoms with Crippen LogP contribution in [-0.2, 0) is 4.74 Å². The van der Waals surface area contributed by atoms with Gasteiger partial charge in [-0.15, -0.1) is 11.3 Å². The summed E-state index contributed by atoms with van der Waals surface area (Å²) in [6.45, 7) is 5.00. The van der Waals surface area contributed by atoms with Crippen molar-refractivity contribution in [2.75, 3.05) is 11.9 Å². The van der Waals surface area contributed by atoms with Gasteiger partial charge in [0.15, 0.2) is 10.9 Å². The quantitative estimate of drug-likeness (QED) is 0.461. The third-order valence-electron chi connectivity index (χ3n) is 3.44. The van der Waals surface area contributed by atoms with Crippen molar-refractivity contribution in [1.29, 1.82) is 0 Å². The first-order chi connectivity index (χ1) is 12.3. The molecule has 1 amide bonds. The predicted molar refractivity (Wildman–Crippen MR) is 105 cm³/mol. The standard InChI is InChI=1S/C18H18N2O4S2/c1-4-24-17(23)13-10(2)14(11(3)21)26-16(13)20-18(25)19-15(22)12-8-6-5-7-9-12/h5-9H,4H2,1-3H3,(H2,19,20,22,25). The van der Waals surface area contributed by atoms with Crippen LogP contribution in [0.2, 0.25) is 0 Å². The minimum absolute atomic E-state index is 0.0285. The summed E-state index contributed by atoms with van der Waals surface area (Å²) in [5.74, 6) is -1.08. The van der Waals surface area contributed by atoms with Gasteiger partial charge in [-0.25, -0.2) is 4.79 Å². The molecule has 0 aliphatic heterocycles. The number of carbonyl (C=O) groups is 3. The minimum atomic E-state index is -0.548. The van der Waals surface area contributed by atoms with E-state index >= 15 is 0 Å². The summed E-state index contributed by atoms with van der Waals surface area (Å²) in [4.78, 5) is 36.6. The minimum Gasteiger partial charge on any atom is -0.462 e. The van der Waals surface area contributed by atoms with Crippen molar-refractivity contribution in [3.63, 3.8) is 0 Å². The normalized spacial score (nSPS) is 10.1. The number of hydrogen-bond donors (Lipinski definition) is 2. The number of rotatable bonds is 5. The molecular formula is C18H18N2O4S2. The highest BCUT2D eigenvalue weighted by atomic mass is 32.1. The molecule has 1 aromatic heterocycles. The number of amides is 1. The Bertz CT molecular complexity index is 860. The predicted octanol–water partition coefficient (Wildman–Crippen LogP) is 3.56. The van der Waals surface area contributed by atoms with E-state index in [1.54, 1.807) is 44.2 Å². The van der Waals surface area contributed by atoms with Crippen molar-refractivity contribution < 1.29 is 19.1 Å². The zero-order valence-electron chi connectivity index (χ0n) is 14.5. The number of ketones is 1. The molecule has 0 unspecified atom stereocenters. The number of benzene rings is 1. The molecule has 0 fully saturated rings. The first-order valence-corrected chi connectivity index (χ1v) is 9.06. The Hall–Kier alpha value is -2.58. The monoisotopic (exact) mass is 390 g/mol. The Kier molecular flexibility index (Phi) is 6.59. The van der Waals surface area contributed by atoms with E-state index in [1.807, 2.05) is 0 Å². The van der Waals surface area contributed by atoms with Crippen molar-refractivity contribution in [2.24, 2.45) is 0 Å². The van der Waals surface area contributed by atoms with Crippen LogP contribution in [0.1, 0.15) is 49.8 Å². The molecule has 0 aliphatic rings. The maximum atomic E-state index is 12.2. The zero-order chi connectivity index (χ0) is 19.3. The molecule has 0 spiro atoms. The zero-order valence-corrected chi connectivity index (χ0v) is 16.2. The molecule has 2 rings (SSSR count). The lowest BCUT2D eigenvalue weighted by molar-refractivity contribution is 0.0527. The molecule has 0 atom stereocenters. The molecule has 6 nitrogen and oxygen atoms in total. The fourth-order valence-corrected chi connectivity index (χ4v) is 3.64. The summed E-state index contributed by atoms with van der Waals surface area (Å²) in [5, 5.41) is 5.78. The Morgan fingerprint density at radius 2 is 1.85 bits per heavy atom. The van der Waals surface area contributed by atoms with Gasteiger partial charge in [0.05, 0.1) is 17.0 Å². The number of nitrogens with one attached hydrogen (secondary N) is 2. The van der Waals surface area contributed by atoms with Gasteiger partial charge < -0.3 is 10.1 Å². The van der Waals surface area contributed by atoms with Crippen molar-refractivity contribution in [3.05, 3.63) is 51.9 Å². The number of anilines is 1. The maximum absolute atomic E-state index is 12.2. The van der Waals surface area contributed by atoms with Gasteiger partial charge >= 0.3 is 5.97 Å². The van der Waals surface area contributed by atoms with E-state index in [9.17, 15) is 14.4 Å². The lowest BCUT2D eigenvalue weighted by Gasteiger charge is -2.10. The number of ether oxygens (including phenoxy) is 1. The van der Waals surface area contributed by atoms with E-state index in [0.717, 1.165) is 11.3 Å². The average Bonchev–Trinajstić information content (AvgIpc) is 2.92. The second-order valence-corrected chi connectivity index (χ2v) is 6.74. The number of Topliss-reactive ketones (excluding diaryl/α,β-unsaturated/α-hetero) is 1. The van der Waals surface area contributed by atoms with E-state index in [0.29, 0.717) is 21.0 Å². The first kappa shape index (κ1) is 19.7. The molecule has 8 heteroatoms. The summed E-state index contributed by atoms with van der Waals surface area (Å²) in [5.41, 5.74) is 1.23. The Morgan fingerprint density at radius 1 is 1.19 bits per heavy atom. The first-order valence-electron chi connectivity index (χ1n) is 7.84. The molecule has 0 saturated heterocycles. The second-order valence-electron chi connectivity index (χ2n) is 5.31. The lowest BCUT2D eigenvalue weighted by Crippen LogP contribution is -2.34. The molecule has 2 N–H and O–H groups in total. The van der Waals surface area contributed by atoms with Gasteiger partial charge in [-0.2, -0.15) is 0 Å². The van der Waals surface area contributed by atoms with Crippen LogP contribution in [0.3, 0.4) is 0 Å². The highest BCUT2D eigenvalue weighted by molar-refractivity contribution is 7.80. The van der Waals surface area contributed by atoms with Crippen molar-refractivity contribution >= 4 is 51.3 Å². The third kappa shape index (κ3) is 4.53. The third-order valence-corrected chi connectivity index (χ3v) is 4.95. The van der Waals surface area contributed by atoms with E-state index in [-0.39, 0.29) is 29.0 Å². The summed E-state index contributed by atoms with van der Waals surface area (Å²) >= 11 is 6.27. The van der Waals surface area contributed by atoms with Crippen LogP contribution < -0.4 is 10.6 Å². The fraction of sp³-hybridized carbons (Fsp3) is 0.222. The van der Waals surface area contributed by atoms with Crippen LogP contribution in [0.25, 0.3) is 0 Å². The summed E-state index contributed by atoms with van der Waals surface area (Å²) in [6, 6.07) is 8.60. The number of carbonyl (C=O) groups excluding carboxylic acids is 3. The average molecular weight is 390 g/mol. The summed E-state index contributed by atoms with van der Waals surface area (Å²) in [6.07, 6.45) is 0. The molecular weight excluding hydrogens is 372 g/mol. The number of hydrogen-bond acceptors (Lipinski definition) is 6. The second kappa shape index (κ2) is 8.68. The molecule has 26 heavy (non-hydrogen) atoms. The molecule has 2 aromatic rings. The van der Waals surface area contributed by atoms with Crippen LogP contribution >= 0.6 is 23.6 Å². The van der Waals surface area contributed by atoms with Crippen molar-refractivity contribution in [3.8, 4) is 0 Å². The van der Waals surface area contributed by atoms with Gasteiger partial charge in [0.1, 0.15) is 5.00 Å². The number of thiophene rings is 1. The van der Waals surface area contributed by atoms with Gasteiger partial charge in [0.25, 0.3) is 5.91 Å². The molecule has 0 bridgehead atoms. The lowest BCUT2D eigenvalue weighted by atomic mass is 10.1. The molecule has 1 heterocycles. The Balaban J connectivity index is 2.23. The van der Waals surface area contributed by atoms with Gasteiger partial charge in [0, 0.05) is 5.56 Å². The summed E-state index contributed by atoms with van der Waals surface area (Å²) < 4.78 is 5.06. The van der Waals surface area contributed by atoms with E-state index < -0.39 is 5.97 Å². The van der Waals surface area contributed by atoms with Gasteiger partial charge in [0.2, 0.25) is 0 Å². The van der Waals surface area contributed by atoms with E-state index in [2.05, 4.69) is 10.6 Å². The fourth-order valence-electron chi connectivity index (χ4n) is 2.29. The molecule has 0 aliphatic carbocycles. The highest BCUT2D eigenvalue weighted by Gasteiger charge is 2.25. The maximum Gasteiger partial charge on any atom is 0.341 e. The van der Waals surface area contributed by atoms with Gasteiger partial charge in [-0.1, -0.05) is 18.2 Å². The number of esters is 1. The molecule has 0 saturated carbocycles. The van der Waals surface area contributed by atoms with Crippen molar-refractivity contribution in [2.45, 2.75) is 20.8 Å². The van der Waals surface area contributed by atoms with E-state index in [4.69, 9.17) is 17.0 Å². The Labute approximate surface area is 160 Å². The van der Waals surface area contributed by atoms with Crippen LogP contribution in [0.15, 0.2) is 30.3 Å². The molecule has 0 radical (unpaired) electrons. The van der Waals surface area contributed by atoms with Crippen LogP contribution in [0.5, 0.6) is 0 Å². The SMILES string of the molecule is CCOC(=O)c1c(NC(=S)NC(=O)c2ccccc2)sc(C(C)=O)c1C. The van der Waals surface area contributed by atoms with Crippen LogP contribution in [0, 0.1) is 6.92 Å². The largest absolute Gasteiger partial charge is 0.462 e. The van der Waals surface area contributed by atoms with Crippen LogP contribution in [-0.4, -0.2) is 29.4 Å². The smallest absolute Gasteiger partial charge is 0.341 e. The summed E-state index contributed by atoms with van der Waals surface area (Å²) in [7, 11) is 0. The topological polar surface area (TPSA) is 84.5 Å². The molecule has 1 aromatic carbocycles.